The molecule has 0 aliphatic carbocycles. The standard InChI is InChI=1S/C20H19FN6O/c1-11-8-9-16(12(2)10-11)23-19(28)17-13(3)22-20-24-25-26-27(20)18(17)14-6-4-5-7-15(14)21/h4-10,18H,1-3H3,(H,23,28)(H,22,24,26)/t18-/m0/s1. The van der Waals surface area contributed by atoms with Crippen molar-refractivity contribution in [3.8, 4) is 0 Å². The van der Waals surface area contributed by atoms with Crippen molar-refractivity contribution >= 4 is 17.5 Å². The molecule has 2 heterocycles. The molecule has 28 heavy (non-hydrogen) atoms. The lowest BCUT2D eigenvalue weighted by atomic mass is 9.94. The highest BCUT2D eigenvalue weighted by atomic mass is 19.1. The van der Waals surface area contributed by atoms with Gasteiger partial charge in [-0.3, -0.25) is 4.79 Å². The molecule has 0 fully saturated rings. The van der Waals surface area contributed by atoms with E-state index in [1.54, 1.807) is 25.1 Å². The van der Waals surface area contributed by atoms with Crippen LogP contribution in [-0.2, 0) is 4.79 Å². The Balaban J connectivity index is 1.79. The summed E-state index contributed by atoms with van der Waals surface area (Å²) < 4.78 is 16.0. The molecule has 1 aliphatic heterocycles. The molecule has 2 aromatic carbocycles. The first-order valence-electron chi connectivity index (χ1n) is 8.84. The van der Waals surface area contributed by atoms with Crippen molar-refractivity contribution in [3.05, 3.63) is 76.2 Å². The van der Waals surface area contributed by atoms with Gasteiger partial charge in [0.1, 0.15) is 11.9 Å². The molecule has 2 N–H and O–H groups in total. The third-order valence-corrected chi connectivity index (χ3v) is 4.79. The highest BCUT2D eigenvalue weighted by Gasteiger charge is 2.35. The molecule has 3 aromatic rings. The second-order valence-electron chi connectivity index (χ2n) is 6.81. The predicted octanol–water partition coefficient (Wildman–Crippen LogP) is 3.36. The van der Waals surface area contributed by atoms with Gasteiger partial charge >= 0.3 is 0 Å². The molecule has 0 radical (unpaired) electrons. The molecule has 1 aromatic heterocycles. The van der Waals surface area contributed by atoms with Crippen LogP contribution in [0.4, 0.5) is 16.0 Å². The van der Waals surface area contributed by atoms with Gasteiger partial charge in [0.15, 0.2) is 0 Å². The first-order valence-corrected chi connectivity index (χ1v) is 8.84. The zero-order valence-electron chi connectivity index (χ0n) is 15.7. The number of fused-ring (bicyclic) bond motifs is 1. The fraction of sp³-hybridized carbons (Fsp3) is 0.200. The number of halogens is 1. The van der Waals surface area contributed by atoms with E-state index in [9.17, 15) is 9.18 Å². The summed E-state index contributed by atoms with van der Waals surface area (Å²) in [6.45, 7) is 5.67. The van der Waals surface area contributed by atoms with Gasteiger partial charge in [-0.25, -0.2) is 4.39 Å². The smallest absolute Gasteiger partial charge is 0.255 e. The van der Waals surface area contributed by atoms with Crippen molar-refractivity contribution in [2.24, 2.45) is 0 Å². The highest BCUT2D eigenvalue weighted by Crippen LogP contribution is 2.36. The molecule has 0 unspecified atom stereocenters. The molecule has 142 valence electrons. The number of carbonyl (C=O) groups excluding carboxylic acids is 1. The van der Waals surface area contributed by atoms with Crippen LogP contribution < -0.4 is 10.6 Å². The molecular formula is C20H19FN6O. The molecule has 1 aliphatic rings. The summed E-state index contributed by atoms with van der Waals surface area (Å²) in [6.07, 6.45) is 0. The normalized spacial score (nSPS) is 15.8. The molecule has 7 nitrogen and oxygen atoms in total. The lowest BCUT2D eigenvalue weighted by Gasteiger charge is -2.28. The number of rotatable bonds is 3. The Labute approximate surface area is 161 Å². The Morgan fingerprint density at radius 3 is 2.71 bits per heavy atom. The van der Waals surface area contributed by atoms with Crippen LogP contribution in [0.5, 0.6) is 0 Å². The Hall–Kier alpha value is -3.55. The van der Waals surface area contributed by atoms with Crippen LogP contribution in [0.1, 0.15) is 29.7 Å². The van der Waals surface area contributed by atoms with Crippen molar-refractivity contribution in [2.45, 2.75) is 26.8 Å². The van der Waals surface area contributed by atoms with Gasteiger partial charge in [0.2, 0.25) is 5.95 Å². The van der Waals surface area contributed by atoms with E-state index >= 15 is 0 Å². The van der Waals surface area contributed by atoms with Crippen LogP contribution >= 0.6 is 0 Å². The minimum Gasteiger partial charge on any atom is -0.326 e. The van der Waals surface area contributed by atoms with Crippen molar-refractivity contribution in [1.82, 2.24) is 20.2 Å². The number of hydrogen-bond donors (Lipinski definition) is 2. The molecule has 1 atom stereocenters. The maximum Gasteiger partial charge on any atom is 0.255 e. The van der Waals surface area contributed by atoms with Crippen LogP contribution in [-0.4, -0.2) is 26.1 Å². The first kappa shape index (κ1) is 17.8. The number of aromatic nitrogens is 4. The first-order chi connectivity index (χ1) is 13.5. The van der Waals surface area contributed by atoms with Crippen LogP contribution in [0.3, 0.4) is 0 Å². The largest absolute Gasteiger partial charge is 0.326 e. The maximum absolute atomic E-state index is 14.6. The third kappa shape index (κ3) is 3.02. The number of nitrogens with one attached hydrogen (secondary N) is 2. The summed E-state index contributed by atoms with van der Waals surface area (Å²) in [7, 11) is 0. The highest BCUT2D eigenvalue weighted by molar-refractivity contribution is 6.06. The van der Waals surface area contributed by atoms with E-state index in [0.29, 0.717) is 28.5 Å². The van der Waals surface area contributed by atoms with Crippen molar-refractivity contribution in [3.63, 3.8) is 0 Å². The molecule has 0 bridgehead atoms. The number of anilines is 2. The molecule has 4 rings (SSSR count). The Bertz CT molecular complexity index is 1100. The van der Waals surface area contributed by atoms with Gasteiger partial charge in [0, 0.05) is 16.9 Å². The van der Waals surface area contributed by atoms with E-state index in [-0.39, 0.29) is 5.91 Å². The Morgan fingerprint density at radius 2 is 1.96 bits per heavy atom. The number of benzene rings is 2. The summed E-state index contributed by atoms with van der Waals surface area (Å²) in [4.78, 5) is 13.2. The summed E-state index contributed by atoms with van der Waals surface area (Å²) in [5.41, 5.74) is 3.99. The maximum atomic E-state index is 14.6. The van der Waals surface area contributed by atoms with Gasteiger partial charge in [-0.05, 0) is 48.9 Å². The van der Waals surface area contributed by atoms with Gasteiger partial charge < -0.3 is 10.6 Å². The number of aryl methyl sites for hydroxylation is 2. The number of hydrogen-bond acceptors (Lipinski definition) is 5. The summed E-state index contributed by atoms with van der Waals surface area (Å²) in [5, 5.41) is 17.5. The van der Waals surface area contributed by atoms with E-state index in [1.165, 1.54) is 10.7 Å². The van der Waals surface area contributed by atoms with Crippen molar-refractivity contribution < 1.29 is 9.18 Å². The van der Waals surface area contributed by atoms with Crippen LogP contribution in [0.15, 0.2) is 53.7 Å². The Kier molecular flexibility index (Phi) is 4.38. The van der Waals surface area contributed by atoms with Gasteiger partial charge in [-0.1, -0.05) is 41.0 Å². The van der Waals surface area contributed by atoms with E-state index in [2.05, 4.69) is 26.2 Å². The molecule has 8 heteroatoms. The molecule has 0 saturated carbocycles. The van der Waals surface area contributed by atoms with E-state index < -0.39 is 11.9 Å². The monoisotopic (exact) mass is 378 g/mol. The summed E-state index contributed by atoms with van der Waals surface area (Å²) in [6, 6.07) is 11.3. The van der Waals surface area contributed by atoms with Gasteiger partial charge in [-0.15, -0.1) is 0 Å². The van der Waals surface area contributed by atoms with E-state index in [0.717, 1.165) is 11.1 Å². The number of allylic oxidation sites excluding steroid dienone is 1. The third-order valence-electron chi connectivity index (χ3n) is 4.79. The topological polar surface area (TPSA) is 84.7 Å². The van der Waals surface area contributed by atoms with E-state index in [1.807, 2.05) is 32.0 Å². The average Bonchev–Trinajstić information content (AvgIpc) is 3.11. The van der Waals surface area contributed by atoms with Crippen molar-refractivity contribution in [2.75, 3.05) is 10.6 Å². The second-order valence-corrected chi connectivity index (χ2v) is 6.81. The van der Waals surface area contributed by atoms with Crippen LogP contribution in [0.25, 0.3) is 0 Å². The molecule has 0 saturated heterocycles. The number of nitrogens with zero attached hydrogens (tertiary/aromatic N) is 4. The van der Waals surface area contributed by atoms with Gasteiger partial charge in [-0.2, -0.15) is 4.68 Å². The zero-order chi connectivity index (χ0) is 19.8. The van der Waals surface area contributed by atoms with Gasteiger partial charge in [0.05, 0.1) is 5.57 Å². The Morgan fingerprint density at radius 1 is 1.18 bits per heavy atom. The minimum absolute atomic E-state index is 0.322. The fourth-order valence-electron chi connectivity index (χ4n) is 3.43. The number of carbonyl (C=O) groups is 1. The van der Waals surface area contributed by atoms with Crippen LogP contribution in [0, 0.1) is 19.7 Å². The lowest BCUT2D eigenvalue weighted by Crippen LogP contribution is -2.32. The lowest BCUT2D eigenvalue weighted by molar-refractivity contribution is -0.113. The fourth-order valence-corrected chi connectivity index (χ4v) is 3.43. The quantitative estimate of drug-likeness (QED) is 0.730. The average molecular weight is 378 g/mol. The SMILES string of the molecule is CC1=C(C(=O)Nc2ccc(C)cc2C)[C@H](c2ccccc2F)n2nnnc2N1. The van der Waals surface area contributed by atoms with Crippen molar-refractivity contribution in [1.29, 1.82) is 0 Å². The molecular weight excluding hydrogens is 359 g/mol. The summed E-state index contributed by atoms with van der Waals surface area (Å²) in [5.74, 6) is -0.416. The second kappa shape index (κ2) is 6.88. The predicted molar refractivity (Wildman–Crippen MR) is 103 cm³/mol. The minimum atomic E-state index is -0.779. The van der Waals surface area contributed by atoms with E-state index in [4.69, 9.17) is 0 Å². The molecule has 0 spiro atoms. The molecule has 1 amide bonds. The van der Waals surface area contributed by atoms with Gasteiger partial charge in [0.25, 0.3) is 5.91 Å². The summed E-state index contributed by atoms with van der Waals surface area (Å²) >= 11 is 0. The number of amides is 1. The zero-order valence-corrected chi connectivity index (χ0v) is 15.7. The van der Waals surface area contributed by atoms with Crippen LogP contribution in [0.2, 0.25) is 0 Å². The number of tetrazole rings is 1.